The lowest BCUT2D eigenvalue weighted by Crippen LogP contribution is -2.45. The van der Waals surface area contributed by atoms with Crippen molar-refractivity contribution in [2.45, 2.75) is 19.3 Å². The van der Waals surface area contributed by atoms with Crippen molar-refractivity contribution in [1.29, 1.82) is 0 Å². The molecular formula is C15H18ClN3O2. The minimum atomic E-state index is -0.107. The molecule has 0 atom stereocenters. The predicted molar refractivity (Wildman–Crippen MR) is 81.3 cm³/mol. The van der Waals surface area contributed by atoms with Gasteiger partial charge >= 0.3 is 6.03 Å². The van der Waals surface area contributed by atoms with E-state index >= 15 is 0 Å². The zero-order valence-electron chi connectivity index (χ0n) is 11.7. The lowest BCUT2D eigenvalue weighted by Gasteiger charge is -2.38. The highest BCUT2D eigenvalue weighted by molar-refractivity contribution is 6.30. The van der Waals surface area contributed by atoms with Crippen LogP contribution in [0.4, 0.5) is 10.5 Å². The van der Waals surface area contributed by atoms with Crippen molar-refractivity contribution in [3.63, 3.8) is 0 Å². The average Bonchev–Trinajstić information content (AvgIpc) is 2.80. The molecule has 2 fully saturated rings. The Morgan fingerprint density at radius 3 is 2.71 bits per heavy atom. The van der Waals surface area contributed by atoms with Crippen LogP contribution in [0.1, 0.15) is 19.3 Å². The number of carbonyl (C=O) groups excluding carboxylic acids is 2. The molecule has 3 rings (SSSR count). The van der Waals surface area contributed by atoms with E-state index in [1.807, 2.05) is 6.07 Å². The molecule has 0 bridgehead atoms. The van der Waals surface area contributed by atoms with Crippen molar-refractivity contribution in [2.75, 3.05) is 25.0 Å². The predicted octanol–water partition coefficient (Wildman–Crippen LogP) is 2.47. The third-order valence-corrected chi connectivity index (χ3v) is 4.62. The van der Waals surface area contributed by atoms with Crippen LogP contribution < -0.4 is 10.6 Å². The van der Waals surface area contributed by atoms with Crippen molar-refractivity contribution in [1.82, 2.24) is 10.2 Å². The Kier molecular flexibility index (Phi) is 3.76. The van der Waals surface area contributed by atoms with Crippen molar-refractivity contribution in [2.24, 2.45) is 5.41 Å². The molecule has 3 amide bonds. The highest BCUT2D eigenvalue weighted by atomic mass is 35.5. The van der Waals surface area contributed by atoms with E-state index in [2.05, 4.69) is 10.6 Å². The molecule has 0 radical (unpaired) electrons. The van der Waals surface area contributed by atoms with E-state index in [0.717, 1.165) is 19.4 Å². The lowest BCUT2D eigenvalue weighted by molar-refractivity contribution is -0.119. The molecule has 2 N–H and O–H groups in total. The van der Waals surface area contributed by atoms with Gasteiger partial charge in [0.1, 0.15) is 0 Å². The number of hydrogen-bond acceptors (Lipinski definition) is 2. The van der Waals surface area contributed by atoms with Gasteiger partial charge in [-0.1, -0.05) is 17.7 Å². The Bertz CT molecular complexity index is 568. The third-order valence-electron chi connectivity index (χ3n) is 4.38. The molecule has 2 aliphatic heterocycles. The van der Waals surface area contributed by atoms with Crippen molar-refractivity contribution < 1.29 is 9.59 Å². The molecule has 112 valence electrons. The maximum absolute atomic E-state index is 12.2. The Morgan fingerprint density at radius 1 is 1.33 bits per heavy atom. The standard InChI is InChI=1S/C15H18ClN3O2/c16-11-2-1-3-12(8-11)18-14(21)19-6-4-15(5-7-19)9-13(20)17-10-15/h1-3,8H,4-7,9-10H2,(H,17,20)(H,18,21). The van der Waals surface area contributed by atoms with Crippen LogP contribution in [0.2, 0.25) is 5.02 Å². The highest BCUT2D eigenvalue weighted by Gasteiger charge is 2.41. The van der Waals surface area contributed by atoms with E-state index in [4.69, 9.17) is 11.6 Å². The number of anilines is 1. The van der Waals surface area contributed by atoms with Crippen LogP contribution in [0.5, 0.6) is 0 Å². The minimum absolute atomic E-state index is 0.0594. The number of carbonyl (C=O) groups is 2. The van der Waals surface area contributed by atoms with E-state index in [1.54, 1.807) is 23.1 Å². The number of halogens is 1. The molecule has 6 heteroatoms. The molecule has 2 saturated heterocycles. The van der Waals surface area contributed by atoms with Crippen molar-refractivity contribution in [3.8, 4) is 0 Å². The second-order valence-corrected chi connectivity index (χ2v) is 6.32. The Balaban J connectivity index is 1.57. The molecule has 1 aromatic carbocycles. The molecular weight excluding hydrogens is 290 g/mol. The van der Waals surface area contributed by atoms with Crippen LogP contribution in [-0.2, 0) is 4.79 Å². The number of rotatable bonds is 1. The lowest BCUT2D eigenvalue weighted by atomic mass is 9.78. The summed E-state index contributed by atoms with van der Waals surface area (Å²) >= 11 is 5.91. The molecule has 5 nitrogen and oxygen atoms in total. The SMILES string of the molecule is O=C1CC2(CCN(C(=O)Nc3cccc(Cl)c3)CC2)CN1. The number of likely N-dealkylation sites (tertiary alicyclic amines) is 1. The summed E-state index contributed by atoms with van der Waals surface area (Å²) in [6.07, 6.45) is 2.33. The van der Waals surface area contributed by atoms with Gasteiger partial charge in [0, 0.05) is 36.8 Å². The summed E-state index contributed by atoms with van der Waals surface area (Å²) in [6, 6.07) is 7.01. The summed E-state index contributed by atoms with van der Waals surface area (Å²) in [6.45, 7) is 2.11. The Morgan fingerprint density at radius 2 is 2.10 bits per heavy atom. The normalized spacial score (nSPS) is 20.4. The van der Waals surface area contributed by atoms with E-state index in [9.17, 15) is 9.59 Å². The van der Waals surface area contributed by atoms with Gasteiger partial charge in [-0.15, -0.1) is 0 Å². The van der Waals surface area contributed by atoms with Crippen LogP contribution in [0, 0.1) is 5.41 Å². The van der Waals surface area contributed by atoms with E-state index in [1.165, 1.54) is 0 Å². The topological polar surface area (TPSA) is 61.4 Å². The summed E-state index contributed by atoms with van der Waals surface area (Å²) in [5, 5.41) is 6.36. The largest absolute Gasteiger partial charge is 0.356 e. The molecule has 0 saturated carbocycles. The van der Waals surface area contributed by atoms with Crippen molar-refractivity contribution >= 4 is 29.2 Å². The zero-order chi connectivity index (χ0) is 14.9. The first-order valence-electron chi connectivity index (χ1n) is 7.15. The van der Waals surface area contributed by atoms with Crippen LogP contribution >= 0.6 is 11.6 Å². The average molecular weight is 308 g/mol. The smallest absolute Gasteiger partial charge is 0.321 e. The van der Waals surface area contributed by atoms with Gasteiger partial charge in [-0.05, 0) is 36.5 Å². The number of nitrogens with zero attached hydrogens (tertiary/aromatic N) is 1. The monoisotopic (exact) mass is 307 g/mol. The first kappa shape index (κ1) is 14.2. The van der Waals surface area contributed by atoms with Gasteiger partial charge in [0.25, 0.3) is 0 Å². The van der Waals surface area contributed by atoms with E-state index < -0.39 is 0 Å². The maximum atomic E-state index is 12.2. The number of benzene rings is 1. The fourth-order valence-corrected chi connectivity index (χ4v) is 3.25. The second kappa shape index (κ2) is 5.56. The molecule has 1 spiro atoms. The van der Waals surface area contributed by atoms with Crippen LogP contribution in [0.3, 0.4) is 0 Å². The van der Waals surface area contributed by atoms with E-state index in [0.29, 0.717) is 30.2 Å². The zero-order valence-corrected chi connectivity index (χ0v) is 12.4. The molecule has 21 heavy (non-hydrogen) atoms. The summed E-state index contributed by atoms with van der Waals surface area (Å²) in [5.41, 5.74) is 0.759. The van der Waals surface area contributed by atoms with Gasteiger partial charge in [0.05, 0.1) is 0 Å². The second-order valence-electron chi connectivity index (χ2n) is 5.88. The van der Waals surface area contributed by atoms with Crippen LogP contribution in [0.15, 0.2) is 24.3 Å². The maximum Gasteiger partial charge on any atom is 0.321 e. The number of hydrogen-bond donors (Lipinski definition) is 2. The van der Waals surface area contributed by atoms with Gasteiger partial charge in [0.15, 0.2) is 0 Å². The third kappa shape index (κ3) is 3.13. The van der Waals surface area contributed by atoms with E-state index in [-0.39, 0.29) is 17.4 Å². The number of piperidine rings is 1. The number of amides is 3. The summed E-state index contributed by atoms with van der Waals surface area (Å²) in [7, 11) is 0. The molecule has 0 aromatic heterocycles. The number of nitrogens with one attached hydrogen (secondary N) is 2. The van der Waals surface area contributed by atoms with Gasteiger partial charge in [-0.25, -0.2) is 4.79 Å². The van der Waals surface area contributed by atoms with Gasteiger partial charge in [-0.3, -0.25) is 4.79 Å². The highest BCUT2D eigenvalue weighted by Crippen LogP contribution is 2.37. The fourth-order valence-electron chi connectivity index (χ4n) is 3.06. The Labute approximate surface area is 128 Å². The quantitative estimate of drug-likeness (QED) is 0.837. The van der Waals surface area contributed by atoms with Gasteiger partial charge in [0.2, 0.25) is 5.91 Å². The fraction of sp³-hybridized carbons (Fsp3) is 0.467. The molecule has 2 aliphatic rings. The molecule has 2 heterocycles. The summed E-state index contributed by atoms with van der Waals surface area (Å²) < 4.78 is 0. The summed E-state index contributed by atoms with van der Waals surface area (Å²) in [5.74, 6) is 0.131. The first-order valence-corrected chi connectivity index (χ1v) is 7.52. The van der Waals surface area contributed by atoms with Crippen LogP contribution in [0.25, 0.3) is 0 Å². The number of urea groups is 1. The van der Waals surface area contributed by atoms with Gasteiger partial charge < -0.3 is 15.5 Å². The first-order chi connectivity index (χ1) is 10.1. The van der Waals surface area contributed by atoms with Gasteiger partial charge in [-0.2, -0.15) is 0 Å². The molecule has 0 aliphatic carbocycles. The summed E-state index contributed by atoms with van der Waals surface area (Å²) in [4.78, 5) is 25.4. The molecule has 1 aromatic rings. The molecule has 0 unspecified atom stereocenters. The van der Waals surface area contributed by atoms with Crippen LogP contribution in [-0.4, -0.2) is 36.5 Å². The Hall–Kier alpha value is -1.75. The van der Waals surface area contributed by atoms with Crippen molar-refractivity contribution in [3.05, 3.63) is 29.3 Å². The minimum Gasteiger partial charge on any atom is -0.356 e.